The number of aromatic hydroxyl groups is 2. The molecule has 324 valence electrons. The summed E-state index contributed by atoms with van der Waals surface area (Å²) in [7, 11) is -0.662. The van der Waals surface area contributed by atoms with Crippen LogP contribution in [-0.4, -0.2) is 90.6 Å². The average molecular weight is 988 g/mol. The summed E-state index contributed by atoms with van der Waals surface area (Å²) in [4.78, 5) is 39.3. The summed E-state index contributed by atoms with van der Waals surface area (Å²) in [6.07, 6.45) is 0. The minimum absolute atomic E-state index is 0.108. The first-order valence-corrected chi connectivity index (χ1v) is 24.9. The van der Waals surface area contributed by atoms with Crippen molar-refractivity contribution in [3.8, 4) is 40.2 Å². The van der Waals surface area contributed by atoms with Crippen molar-refractivity contribution in [3.63, 3.8) is 0 Å². The number of amides is 4. The quantitative estimate of drug-likeness (QED) is 0.0383. The fourth-order valence-electron chi connectivity index (χ4n) is 5.85. The second kappa shape index (κ2) is 23.2. The van der Waals surface area contributed by atoms with Crippen LogP contribution in [0.2, 0.25) is 25.7 Å². The first kappa shape index (κ1) is 49.2. The zero-order chi connectivity index (χ0) is 45.5. The van der Waals surface area contributed by atoms with E-state index in [2.05, 4.69) is 74.0 Å². The van der Waals surface area contributed by atoms with Gasteiger partial charge in [-0.2, -0.15) is 0 Å². The number of rotatable bonds is 9. The summed E-state index contributed by atoms with van der Waals surface area (Å²) in [5.74, 6) is 6.00. The van der Waals surface area contributed by atoms with Gasteiger partial charge in [0.15, 0.2) is 0 Å². The van der Waals surface area contributed by atoms with Gasteiger partial charge in [-0.15, -0.1) is 0 Å². The molecule has 1 saturated heterocycles. The minimum atomic E-state index is -1.59. The van der Waals surface area contributed by atoms with Crippen LogP contribution in [0.4, 0.5) is 4.79 Å². The van der Waals surface area contributed by atoms with Crippen LogP contribution in [0.25, 0.3) is 11.1 Å². The maximum Gasteiger partial charge on any atom is 0.488 e. The van der Waals surface area contributed by atoms with Gasteiger partial charge in [0, 0.05) is 49.0 Å². The highest BCUT2D eigenvalue weighted by atomic mass is 79.9. The van der Waals surface area contributed by atoms with Crippen LogP contribution in [-0.2, 0) is 16.1 Å². The zero-order valence-corrected chi connectivity index (χ0v) is 39.3. The van der Waals surface area contributed by atoms with Crippen molar-refractivity contribution < 1.29 is 44.1 Å². The van der Waals surface area contributed by atoms with Gasteiger partial charge in [0.25, 0.3) is 11.8 Å². The van der Waals surface area contributed by atoms with Crippen molar-refractivity contribution in [2.24, 2.45) is 0 Å². The third kappa shape index (κ3) is 14.6. The molecule has 0 spiro atoms. The number of nitrogens with zero attached hydrogens (tertiary/aromatic N) is 1. The molecule has 0 aliphatic carbocycles. The number of para-hydroxylation sites is 2. The van der Waals surface area contributed by atoms with E-state index in [1.54, 1.807) is 78.9 Å². The predicted molar refractivity (Wildman–Crippen MR) is 252 cm³/mol. The molecule has 62 heavy (non-hydrogen) atoms. The average Bonchev–Trinajstić information content (AvgIpc) is 3.70. The van der Waals surface area contributed by atoms with Crippen molar-refractivity contribution >= 4 is 70.4 Å². The molecule has 1 atom stereocenters. The van der Waals surface area contributed by atoms with Gasteiger partial charge in [-0.05, 0) is 100 Å². The van der Waals surface area contributed by atoms with Gasteiger partial charge in [0.05, 0.1) is 18.1 Å². The van der Waals surface area contributed by atoms with Crippen LogP contribution in [0.5, 0.6) is 17.2 Å². The Bertz CT molecular complexity index is 2350. The zero-order valence-electron chi connectivity index (χ0n) is 35.1. The van der Waals surface area contributed by atoms with E-state index in [1.807, 2.05) is 43.3 Å². The summed E-state index contributed by atoms with van der Waals surface area (Å²) < 4.78 is 12.1. The summed E-state index contributed by atoms with van der Waals surface area (Å²) in [6.45, 7) is 11.2. The van der Waals surface area contributed by atoms with Crippen LogP contribution in [0, 0.1) is 11.8 Å². The molecular formula is C46H50BBr2N3O9Si. The molecule has 16 heteroatoms. The number of ether oxygens (including phenoxy) is 2. The number of halogens is 2. The van der Waals surface area contributed by atoms with Gasteiger partial charge >= 0.3 is 13.1 Å². The Morgan fingerprint density at radius 3 is 2.02 bits per heavy atom. The number of methoxy groups -OCH3 is 1. The standard InChI is InChI=1S/C27H21N3O5.C7H18OSi.C6H6BBrO2.C6H5BrO/c1-35-20-11-10-19-15-30(24(32)22(19)14-20)16-27(25(33)28-26(34)29-27)13-12-17-6-8-18(9-7-17)21-4-2-3-5-23(21)31;1-5-8-6-7-9(2,3)4;8-6-3-1-5(2-4-6)7(9)10;7-5-3-1-2-4-6(5)8/h2-11,14,31H,15-16H2,1H3,(H2,28,29,33,34);5-7H2,1-4H3;1-4,9-10H;1-4,8H/t27-;;;/m1.../s1. The molecule has 5 aromatic rings. The summed E-state index contributed by atoms with van der Waals surface area (Å²) in [6, 6.07) is 33.9. The largest absolute Gasteiger partial charge is 0.507 e. The van der Waals surface area contributed by atoms with Crippen LogP contribution in [0.1, 0.15) is 28.4 Å². The Kier molecular flexibility index (Phi) is 18.4. The molecule has 2 aliphatic heterocycles. The number of hydrogen-bond donors (Lipinski definition) is 6. The van der Waals surface area contributed by atoms with Crippen LogP contribution in [0.3, 0.4) is 0 Å². The molecule has 5 aromatic carbocycles. The fourth-order valence-corrected chi connectivity index (χ4v) is 7.16. The number of phenols is 2. The van der Waals surface area contributed by atoms with E-state index >= 15 is 0 Å². The van der Waals surface area contributed by atoms with Crippen molar-refractivity contribution in [1.82, 2.24) is 15.5 Å². The van der Waals surface area contributed by atoms with Crippen LogP contribution in [0.15, 0.2) is 124 Å². The monoisotopic (exact) mass is 985 g/mol. The fraction of sp³-hybridized carbons (Fsp3) is 0.239. The molecule has 6 N–H and O–H groups in total. The molecule has 7 rings (SSSR count). The SMILES string of the molecule is CCOCC[Si](C)(C)C.COc1ccc2c(c1)C(=O)N(C[C@@]1(C#Cc3ccc(-c4ccccc4O)cc3)NC(=O)NC1=O)C2.OB(O)c1ccc(Br)cc1.Oc1ccccc1Br. The Morgan fingerprint density at radius 2 is 1.48 bits per heavy atom. The summed E-state index contributed by atoms with van der Waals surface area (Å²) in [5, 5.41) is 41.1. The van der Waals surface area contributed by atoms with Crippen LogP contribution < -0.4 is 20.8 Å². The Morgan fingerprint density at radius 1 is 0.839 bits per heavy atom. The lowest BCUT2D eigenvalue weighted by Crippen LogP contribution is -2.54. The van der Waals surface area contributed by atoms with Gasteiger partial charge < -0.3 is 40.0 Å². The van der Waals surface area contributed by atoms with E-state index in [0.29, 0.717) is 34.4 Å². The highest BCUT2D eigenvalue weighted by Gasteiger charge is 2.48. The van der Waals surface area contributed by atoms with Gasteiger partial charge in [0.1, 0.15) is 17.2 Å². The van der Waals surface area contributed by atoms with Crippen molar-refractivity contribution in [2.45, 2.75) is 44.7 Å². The molecule has 4 amide bonds. The normalized spacial score (nSPS) is 14.9. The number of hydrogen-bond acceptors (Lipinski definition) is 9. The van der Waals surface area contributed by atoms with Crippen molar-refractivity contribution in [3.05, 3.63) is 141 Å². The second-order valence-electron chi connectivity index (χ2n) is 15.2. The van der Waals surface area contributed by atoms with E-state index in [-0.39, 0.29) is 24.0 Å². The van der Waals surface area contributed by atoms with E-state index in [1.165, 1.54) is 18.1 Å². The van der Waals surface area contributed by atoms with Gasteiger partial charge in [0.2, 0.25) is 5.54 Å². The molecule has 1 fully saturated rings. The number of phenolic OH excluding ortho intramolecular Hbond substituents is 2. The number of benzene rings is 5. The third-order valence-corrected chi connectivity index (χ3v) is 12.2. The molecule has 0 unspecified atom stereocenters. The first-order chi connectivity index (χ1) is 29.4. The summed E-state index contributed by atoms with van der Waals surface area (Å²) >= 11 is 6.38. The number of imide groups is 1. The van der Waals surface area contributed by atoms with Gasteiger partial charge in [-0.1, -0.05) is 108 Å². The second-order valence-corrected chi connectivity index (χ2v) is 22.6. The van der Waals surface area contributed by atoms with Crippen LogP contribution >= 0.6 is 31.9 Å². The van der Waals surface area contributed by atoms with E-state index in [9.17, 15) is 19.5 Å². The first-order valence-electron chi connectivity index (χ1n) is 19.6. The Labute approximate surface area is 380 Å². The van der Waals surface area contributed by atoms with Gasteiger partial charge in [-0.25, -0.2) is 4.79 Å². The Balaban J connectivity index is 0.000000252. The number of nitrogens with one attached hydrogen (secondary N) is 2. The van der Waals surface area contributed by atoms with E-state index in [4.69, 9.17) is 24.6 Å². The molecule has 0 saturated carbocycles. The van der Waals surface area contributed by atoms with E-state index < -0.39 is 32.7 Å². The maximum atomic E-state index is 13.0. The highest BCUT2D eigenvalue weighted by molar-refractivity contribution is 9.10. The molecule has 0 radical (unpaired) electrons. The lowest BCUT2D eigenvalue weighted by Gasteiger charge is -2.26. The Hall–Kier alpha value is -5.41. The molecule has 2 aliphatic rings. The highest BCUT2D eigenvalue weighted by Crippen LogP contribution is 2.30. The topological polar surface area (TPSA) is 178 Å². The van der Waals surface area contributed by atoms with E-state index in [0.717, 1.165) is 33.3 Å². The van der Waals surface area contributed by atoms with Crippen molar-refractivity contribution in [2.75, 3.05) is 26.9 Å². The molecular weight excluding hydrogens is 937 g/mol. The molecule has 2 heterocycles. The lowest BCUT2D eigenvalue weighted by atomic mass is 9.81. The number of urea groups is 1. The molecule has 12 nitrogen and oxygen atoms in total. The number of carbonyl (C=O) groups excluding carboxylic acids is 3. The smallest absolute Gasteiger partial charge is 0.488 e. The van der Waals surface area contributed by atoms with Gasteiger partial charge in [-0.3, -0.25) is 14.9 Å². The predicted octanol–water partition coefficient (Wildman–Crippen LogP) is 7.30. The minimum Gasteiger partial charge on any atom is -0.507 e. The summed E-state index contributed by atoms with van der Waals surface area (Å²) in [5.41, 5.74) is 2.33. The number of carbonyl (C=O) groups is 3. The van der Waals surface area contributed by atoms with Crippen molar-refractivity contribution in [1.29, 1.82) is 0 Å². The lowest BCUT2D eigenvalue weighted by molar-refractivity contribution is -0.122. The molecule has 0 bridgehead atoms. The molecule has 0 aromatic heterocycles. The maximum absolute atomic E-state index is 13.0. The third-order valence-electron chi connectivity index (χ3n) is 9.31. The number of fused-ring (bicyclic) bond motifs is 1.